The van der Waals surface area contributed by atoms with Crippen molar-refractivity contribution in [1.29, 1.82) is 0 Å². The molecule has 0 amide bonds. The molecule has 0 saturated heterocycles. The van der Waals surface area contributed by atoms with E-state index in [1.807, 2.05) is 13.8 Å². The molecule has 0 atom stereocenters. The number of nitrogens with two attached hydrogens (primary N) is 1. The van der Waals surface area contributed by atoms with Crippen LogP contribution in [0.25, 0.3) is 0 Å². The Kier molecular flexibility index (Phi) is 4.74. The van der Waals surface area contributed by atoms with Crippen LogP contribution in [-0.2, 0) is 16.1 Å². The van der Waals surface area contributed by atoms with E-state index in [9.17, 15) is 9.59 Å². The van der Waals surface area contributed by atoms with Gasteiger partial charge in [0.15, 0.2) is 5.82 Å². The Morgan fingerprint density at radius 1 is 1.42 bits per heavy atom. The highest BCUT2D eigenvalue weighted by atomic mass is 16.5. The Balaban J connectivity index is 3.34. The number of nitrogen functional groups attached to an aromatic ring is 1. The number of rotatable bonds is 6. The molecule has 0 aliphatic heterocycles. The molecule has 8 heteroatoms. The van der Waals surface area contributed by atoms with Gasteiger partial charge in [-0.05, 0) is 13.8 Å². The number of esters is 1. The predicted molar refractivity (Wildman–Crippen MR) is 69.2 cm³/mol. The lowest BCUT2D eigenvalue weighted by Gasteiger charge is -2.18. The second-order valence-electron chi connectivity index (χ2n) is 3.80. The molecule has 1 heterocycles. The summed E-state index contributed by atoms with van der Waals surface area (Å²) in [6, 6.07) is 0. The number of carbonyl (C=O) groups is 2. The largest absolute Gasteiger partial charge is 0.480 e. The van der Waals surface area contributed by atoms with Crippen molar-refractivity contribution in [2.45, 2.75) is 20.4 Å². The number of carboxylic acids is 1. The minimum absolute atomic E-state index is 0.00356. The average molecular weight is 270 g/mol. The molecule has 106 valence electrons. The van der Waals surface area contributed by atoms with Crippen molar-refractivity contribution < 1.29 is 19.4 Å². The Morgan fingerprint density at radius 2 is 2.00 bits per heavy atom. The van der Waals surface area contributed by atoms with Gasteiger partial charge in [0.05, 0.1) is 7.11 Å². The third kappa shape index (κ3) is 2.95. The Bertz CT molecular complexity index is 479. The molecule has 0 spiro atoms. The summed E-state index contributed by atoms with van der Waals surface area (Å²) in [7, 11) is 1.24. The van der Waals surface area contributed by atoms with E-state index in [4.69, 9.17) is 10.8 Å². The smallest absolute Gasteiger partial charge is 0.345 e. The summed E-state index contributed by atoms with van der Waals surface area (Å²) in [6.45, 7) is 4.62. The number of anilines is 2. The van der Waals surface area contributed by atoms with Gasteiger partial charge in [-0.3, -0.25) is 4.79 Å². The summed E-state index contributed by atoms with van der Waals surface area (Å²) < 4.78 is 5.75. The van der Waals surface area contributed by atoms with E-state index in [1.165, 1.54) is 7.11 Å². The summed E-state index contributed by atoms with van der Waals surface area (Å²) >= 11 is 0. The van der Waals surface area contributed by atoms with E-state index in [1.54, 1.807) is 4.90 Å². The van der Waals surface area contributed by atoms with Crippen molar-refractivity contribution in [3.05, 3.63) is 5.56 Å². The number of carboxylic acid groups (broad SMARTS) is 1. The van der Waals surface area contributed by atoms with Gasteiger partial charge in [-0.15, -0.1) is 0 Å². The zero-order valence-corrected chi connectivity index (χ0v) is 11.2. The second-order valence-corrected chi connectivity index (χ2v) is 3.80. The van der Waals surface area contributed by atoms with Gasteiger partial charge >= 0.3 is 11.9 Å². The summed E-state index contributed by atoms with van der Waals surface area (Å²) in [6.07, 6.45) is 0. The van der Waals surface area contributed by atoms with Crippen LogP contribution in [0.2, 0.25) is 0 Å². The predicted octanol–water partition coefficient (Wildman–Crippen LogP) is 0.183. The molecule has 0 saturated carbocycles. The van der Waals surface area contributed by atoms with Crippen LogP contribution >= 0.6 is 0 Å². The van der Waals surface area contributed by atoms with Crippen LogP contribution in [0.3, 0.4) is 0 Å². The molecular formula is C11H18N4O4. The van der Waals surface area contributed by atoms with Crippen molar-refractivity contribution in [1.82, 2.24) is 9.78 Å². The molecule has 3 N–H and O–H groups in total. The van der Waals surface area contributed by atoms with Crippen molar-refractivity contribution in [3.8, 4) is 0 Å². The third-order valence-corrected chi connectivity index (χ3v) is 2.71. The molecule has 0 radical (unpaired) electrons. The molecule has 0 aromatic carbocycles. The molecule has 1 aromatic rings. The minimum atomic E-state index is -1.09. The lowest BCUT2D eigenvalue weighted by atomic mass is 10.2. The Morgan fingerprint density at radius 3 is 2.42 bits per heavy atom. The van der Waals surface area contributed by atoms with Gasteiger partial charge in [0.1, 0.15) is 17.9 Å². The van der Waals surface area contributed by atoms with Crippen LogP contribution in [0.1, 0.15) is 24.2 Å². The first-order chi connectivity index (χ1) is 8.96. The first kappa shape index (κ1) is 14.8. The molecule has 0 fully saturated rings. The van der Waals surface area contributed by atoms with Crippen molar-refractivity contribution >= 4 is 23.6 Å². The minimum Gasteiger partial charge on any atom is -0.480 e. The summed E-state index contributed by atoms with van der Waals surface area (Å²) in [5.74, 6) is -1.38. The SMILES string of the molecule is CCN(CC)c1nn(CC(=O)O)c(N)c1C(=O)OC. The first-order valence-corrected chi connectivity index (χ1v) is 5.87. The number of aromatic nitrogens is 2. The first-order valence-electron chi connectivity index (χ1n) is 5.87. The zero-order chi connectivity index (χ0) is 14.6. The fraction of sp³-hybridized carbons (Fsp3) is 0.545. The van der Waals surface area contributed by atoms with Crippen LogP contribution in [0, 0.1) is 0 Å². The van der Waals surface area contributed by atoms with Gasteiger partial charge in [0, 0.05) is 13.1 Å². The number of hydrogen-bond acceptors (Lipinski definition) is 6. The monoisotopic (exact) mass is 270 g/mol. The van der Waals surface area contributed by atoms with E-state index in [0.717, 1.165) is 4.68 Å². The maximum Gasteiger partial charge on any atom is 0.345 e. The molecule has 8 nitrogen and oxygen atoms in total. The highest BCUT2D eigenvalue weighted by Gasteiger charge is 2.26. The van der Waals surface area contributed by atoms with E-state index in [2.05, 4.69) is 9.84 Å². The van der Waals surface area contributed by atoms with Crippen LogP contribution in [0.4, 0.5) is 11.6 Å². The topological polar surface area (TPSA) is 111 Å². The summed E-state index contributed by atoms with van der Waals surface area (Å²) in [5, 5.41) is 12.9. The zero-order valence-electron chi connectivity index (χ0n) is 11.2. The summed E-state index contributed by atoms with van der Waals surface area (Å²) in [4.78, 5) is 24.3. The van der Waals surface area contributed by atoms with E-state index in [0.29, 0.717) is 18.9 Å². The summed E-state index contributed by atoms with van der Waals surface area (Å²) in [5.41, 5.74) is 5.89. The molecule has 0 aliphatic rings. The van der Waals surface area contributed by atoms with Crippen molar-refractivity contribution in [2.75, 3.05) is 30.8 Å². The molecule has 0 aliphatic carbocycles. The highest BCUT2D eigenvalue weighted by molar-refractivity contribution is 6.00. The molecular weight excluding hydrogens is 252 g/mol. The lowest BCUT2D eigenvalue weighted by molar-refractivity contribution is -0.137. The molecule has 1 rings (SSSR count). The van der Waals surface area contributed by atoms with Gasteiger partial charge in [-0.2, -0.15) is 5.10 Å². The van der Waals surface area contributed by atoms with Gasteiger partial charge in [-0.1, -0.05) is 0 Å². The third-order valence-electron chi connectivity index (χ3n) is 2.71. The Hall–Kier alpha value is -2.25. The van der Waals surface area contributed by atoms with E-state index >= 15 is 0 Å². The van der Waals surface area contributed by atoms with E-state index < -0.39 is 18.5 Å². The number of carbonyl (C=O) groups excluding carboxylic acids is 1. The molecule has 1 aromatic heterocycles. The number of ether oxygens (including phenoxy) is 1. The fourth-order valence-electron chi connectivity index (χ4n) is 1.75. The van der Waals surface area contributed by atoms with Gasteiger partial charge in [-0.25, -0.2) is 9.48 Å². The number of aliphatic carboxylic acids is 1. The van der Waals surface area contributed by atoms with Gasteiger partial charge < -0.3 is 20.5 Å². The van der Waals surface area contributed by atoms with Crippen LogP contribution in [0.15, 0.2) is 0 Å². The van der Waals surface area contributed by atoms with Crippen LogP contribution in [0.5, 0.6) is 0 Å². The second kappa shape index (κ2) is 6.07. The van der Waals surface area contributed by atoms with Crippen LogP contribution < -0.4 is 10.6 Å². The van der Waals surface area contributed by atoms with E-state index in [-0.39, 0.29) is 11.4 Å². The lowest BCUT2D eigenvalue weighted by Crippen LogP contribution is -2.24. The normalized spacial score (nSPS) is 10.3. The number of methoxy groups -OCH3 is 1. The maximum atomic E-state index is 11.8. The Labute approximate surface area is 110 Å². The highest BCUT2D eigenvalue weighted by Crippen LogP contribution is 2.26. The maximum absolute atomic E-state index is 11.8. The number of nitrogens with zero attached hydrogens (tertiary/aromatic N) is 3. The molecule has 0 bridgehead atoms. The van der Waals surface area contributed by atoms with Crippen LogP contribution in [-0.4, -0.2) is 47.0 Å². The van der Waals surface area contributed by atoms with Crippen molar-refractivity contribution in [3.63, 3.8) is 0 Å². The number of hydrogen-bond donors (Lipinski definition) is 2. The van der Waals surface area contributed by atoms with Gasteiger partial charge in [0.2, 0.25) is 0 Å². The quantitative estimate of drug-likeness (QED) is 0.709. The molecule has 0 unspecified atom stereocenters. The van der Waals surface area contributed by atoms with Gasteiger partial charge in [0.25, 0.3) is 0 Å². The van der Waals surface area contributed by atoms with Crippen molar-refractivity contribution in [2.24, 2.45) is 0 Å². The molecule has 19 heavy (non-hydrogen) atoms. The standard InChI is InChI=1S/C11H18N4O4/c1-4-14(5-2)10-8(11(18)19-3)9(12)15(13-10)6-7(16)17/h4-6,12H2,1-3H3,(H,16,17). The average Bonchev–Trinajstić information content (AvgIpc) is 2.67. The fourth-order valence-corrected chi connectivity index (χ4v) is 1.75.